The molecule has 2 fully saturated rings. The van der Waals surface area contributed by atoms with Crippen molar-refractivity contribution in [3.63, 3.8) is 0 Å². The second-order valence-corrected chi connectivity index (χ2v) is 10.6. The molecule has 2 saturated heterocycles. The van der Waals surface area contributed by atoms with Crippen molar-refractivity contribution >= 4 is 29.4 Å². The second-order valence-electron chi connectivity index (χ2n) is 10.6. The van der Waals surface area contributed by atoms with Crippen molar-refractivity contribution in [3.8, 4) is 0 Å². The average molecular weight is 602 g/mol. The molecule has 0 aliphatic carbocycles. The zero-order chi connectivity index (χ0) is 30.4. The Labute approximate surface area is 248 Å². The standard InChI is InChI=1S/C29H35F4N9O/c1-39-7-9-41(10-8-39)6-5-21-15-22(29(31,32)33)17-25(16-21)37-24-4-3-23(34-18-24)19-36-40(2)28-35-20-26(30)27(38-28)42-11-13-43-14-12-42/h3-4,15-20,37H,5-14H2,1-2H3/b36-19+. The van der Waals surface area contributed by atoms with Gasteiger partial charge < -0.3 is 24.8 Å². The van der Waals surface area contributed by atoms with Gasteiger partial charge in [-0.2, -0.15) is 23.3 Å². The highest BCUT2D eigenvalue weighted by atomic mass is 19.4. The summed E-state index contributed by atoms with van der Waals surface area (Å²) < 4.78 is 60.7. The molecule has 10 nitrogen and oxygen atoms in total. The van der Waals surface area contributed by atoms with Crippen molar-refractivity contribution in [2.24, 2.45) is 5.10 Å². The molecule has 0 unspecified atom stereocenters. The lowest BCUT2D eigenvalue weighted by Crippen LogP contribution is -2.45. The van der Waals surface area contributed by atoms with E-state index in [9.17, 15) is 17.6 Å². The van der Waals surface area contributed by atoms with Gasteiger partial charge in [0.15, 0.2) is 11.6 Å². The van der Waals surface area contributed by atoms with Crippen molar-refractivity contribution < 1.29 is 22.3 Å². The molecule has 0 saturated carbocycles. The number of ether oxygens (including phenoxy) is 1. The lowest BCUT2D eigenvalue weighted by Gasteiger charge is -2.32. The maximum atomic E-state index is 14.4. The number of hydrogen-bond acceptors (Lipinski definition) is 10. The molecule has 2 aliphatic heterocycles. The van der Waals surface area contributed by atoms with Gasteiger partial charge in [-0.05, 0) is 49.4 Å². The molecule has 3 aromatic rings. The van der Waals surface area contributed by atoms with E-state index in [-0.39, 0.29) is 11.8 Å². The van der Waals surface area contributed by atoms with Crippen LogP contribution in [0.25, 0.3) is 0 Å². The summed E-state index contributed by atoms with van der Waals surface area (Å²) in [5.41, 5.74) is 1.31. The summed E-state index contributed by atoms with van der Waals surface area (Å²) in [4.78, 5) is 19.0. The molecule has 0 radical (unpaired) electrons. The minimum Gasteiger partial charge on any atom is -0.378 e. The number of nitrogens with one attached hydrogen (secondary N) is 1. The normalized spacial score (nSPS) is 17.0. The number of nitrogens with zero attached hydrogens (tertiary/aromatic N) is 8. The van der Waals surface area contributed by atoms with Gasteiger partial charge in [0.2, 0.25) is 5.95 Å². The summed E-state index contributed by atoms with van der Waals surface area (Å²) in [6, 6.07) is 7.49. The molecule has 0 spiro atoms. The van der Waals surface area contributed by atoms with Gasteiger partial charge in [0.05, 0.1) is 48.8 Å². The molecule has 1 N–H and O–H groups in total. The van der Waals surface area contributed by atoms with Crippen LogP contribution in [0.1, 0.15) is 16.8 Å². The first-order chi connectivity index (χ1) is 20.6. The van der Waals surface area contributed by atoms with Crippen LogP contribution in [0.3, 0.4) is 0 Å². The third-order valence-electron chi connectivity index (χ3n) is 7.38. The van der Waals surface area contributed by atoms with E-state index in [0.717, 1.165) is 38.4 Å². The van der Waals surface area contributed by atoms with Gasteiger partial charge in [-0.25, -0.2) is 14.4 Å². The number of morpholine rings is 1. The third kappa shape index (κ3) is 8.36. The second kappa shape index (κ2) is 13.6. The predicted octanol–water partition coefficient (Wildman–Crippen LogP) is 3.87. The molecule has 14 heteroatoms. The van der Waals surface area contributed by atoms with Crippen LogP contribution >= 0.6 is 0 Å². The topological polar surface area (TPSA) is 85.2 Å². The summed E-state index contributed by atoms with van der Waals surface area (Å²) in [6.07, 6.45) is 0.197. The number of hydrogen-bond donors (Lipinski definition) is 1. The van der Waals surface area contributed by atoms with Gasteiger partial charge in [-0.3, -0.25) is 4.98 Å². The first-order valence-corrected chi connectivity index (χ1v) is 14.1. The summed E-state index contributed by atoms with van der Waals surface area (Å²) in [5.74, 6) is -0.109. The number of rotatable bonds is 9. The number of hydrazone groups is 1. The van der Waals surface area contributed by atoms with Gasteiger partial charge >= 0.3 is 6.18 Å². The Hall–Kier alpha value is -3.88. The molecule has 4 heterocycles. The van der Waals surface area contributed by atoms with Crippen LogP contribution in [0.2, 0.25) is 0 Å². The van der Waals surface area contributed by atoms with Crippen molar-refractivity contribution in [2.45, 2.75) is 12.6 Å². The molecule has 0 amide bonds. The first-order valence-electron chi connectivity index (χ1n) is 14.1. The first kappa shape index (κ1) is 30.6. The Morgan fingerprint density at radius 2 is 1.77 bits per heavy atom. The number of alkyl halides is 3. The van der Waals surface area contributed by atoms with Crippen LogP contribution in [0.4, 0.5) is 40.7 Å². The van der Waals surface area contributed by atoms with Crippen LogP contribution in [-0.2, 0) is 17.3 Å². The number of halogens is 4. The molecular formula is C29H35F4N9O. The van der Waals surface area contributed by atoms with Gasteiger partial charge in [-0.15, -0.1) is 0 Å². The minimum atomic E-state index is -4.46. The Morgan fingerprint density at radius 1 is 1.00 bits per heavy atom. The van der Waals surface area contributed by atoms with Crippen molar-refractivity contribution in [1.82, 2.24) is 24.8 Å². The Bertz CT molecular complexity index is 1390. The van der Waals surface area contributed by atoms with E-state index < -0.39 is 17.6 Å². The fourth-order valence-electron chi connectivity index (χ4n) is 4.85. The van der Waals surface area contributed by atoms with Gasteiger partial charge in [0, 0.05) is 58.5 Å². The molecule has 2 aliphatic rings. The highest BCUT2D eigenvalue weighted by molar-refractivity contribution is 5.78. The number of piperazine rings is 1. The number of aromatic nitrogens is 3. The van der Waals surface area contributed by atoms with Crippen LogP contribution in [-0.4, -0.2) is 104 Å². The van der Waals surface area contributed by atoms with Crippen molar-refractivity contribution in [3.05, 3.63) is 65.4 Å². The Morgan fingerprint density at radius 3 is 2.47 bits per heavy atom. The maximum absolute atomic E-state index is 14.4. The van der Waals surface area contributed by atoms with Crippen LogP contribution < -0.4 is 15.2 Å². The average Bonchev–Trinajstić information content (AvgIpc) is 3.00. The van der Waals surface area contributed by atoms with Crippen LogP contribution in [0.15, 0.2) is 47.8 Å². The number of likely N-dealkylation sites (N-methyl/N-ethyl adjacent to an activating group) is 1. The molecule has 0 bridgehead atoms. The van der Waals surface area contributed by atoms with Crippen molar-refractivity contribution in [2.75, 3.05) is 88.3 Å². The minimum absolute atomic E-state index is 0.195. The zero-order valence-corrected chi connectivity index (χ0v) is 24.2. The van der Waals surface area contributed by atoms with Gasteiger partial charge in [0.1, 0.15) is 0 Å². The highest BCUT2D eigenvalue weighted by Crippen LogP contribution is 2.33. The summed E-state index contributed by atoms with van der Waals surface area (Å²) in [7, 11) is 3.71. The number of benzene rings is 1. The van der Waals surface area contributed by atoms with E-state index >= 15 is 0 Å². The number of pyridine rings is 1. The molecule has 43 heavy (non-hydrogen) atoms. The maximum Gasteiger partial charge on any atom is 0.416 e. The lowest BCUT2D eigenvalue weighted by atomic mass is 10.1. The van der Waals surface area contributed by atoms with Gasteiger partial charge in [-0.1, -0.05) is 0 Å². The molecule has 0 atom stereocenters. The molecule has 230 valence electrons. The van der Waals surface area contributed by atoms with E-state index in [4.69, 9.17) is 4.74 Å². The van der Waals surface area contributed by atoms with Crippen molar-refractivity contribution in [1.29, 1.82) is 0 Å². The van der Waals surface area contributed by atoms with E-state index in [1.54, 1.807) is 30.1 Å². The molecule has 2 aromatic heterocycles. The highest BCUT2D eigenvalue weighted by Gasteiger charge is 2.31. The van der Waals surface area contributed by atoms with E-state index in [1.165, 1.54) is 23.5 Å². The Balaban J connectivity index is 1.23. The Kier molecular flexibility index (Phi) is 9.68. The SMILES string of the molecule is CN1CCN(CCc2cc(Nc3ccc(/C=N/N(C)c4ncc(F)c(N5CCOCC5)n4)nc3)cc(C(F)(F)F)c2)CC1. The van der Waals surface area contributed by atoms with Gasteiger partial charge in [0.25, 0.3) is 0 Å². The lowest BCUT2D eigenvalue weighted by molar-refractivity contribution is -0.137. The number of anilines is 4. The van der Waals surface area contributed by atoms with Crippen LogP contribution in [0.5, 0.6) is 0 Å². The van der Waals surface area contributed by atoms with E-state index in [1.807, 2.05) is 0 Å². The fourth-order valence-corrected chi connectivity index (χ4v) is 4.85. The summed E-state index contributed by atoms with van der Waals surface area (Å²) >= 11 is 0. The monoisotopic (exact) mass is 601 g/mol. The predicted molar refractivity (Wildman–Crippen MR) is 158 cm³/mol. The largest absolute Gasteiger partial charge is 0.416 e. The van der Waals surface area contributed by atoms with E-state index in [2.05, 4.69) is 42.2 Å². The molecule has 1 aromatic carbocycles. The van der Waals surface area contributed by atoms with E-state index in [0.29, 0.717) is 61.9 Å². The van der Waals surface area contributed by atoms with Crippen LogP contribution in [0, 0.1) is 5.82 Å². The fraction of sp³-hybridized carbons (Fsp3) is 0.448. The summed E-state index contributed by atoms with van der Waals surface area (Å²) in [5, 5.41) is 8.77. The summed E-state index contributed by atoms with van der Waals surface area (Å²) in [6.45, 7) is 6.48. The third-order valence-corrected chi connectivity index (χ3v) is 7.38. The zero-order valence-electron chi connectivity index (χ0n) is 24.2. The molecule has 5 rings (SSSR count). The smallest absolute Gasteiger partial charge is 0.378 e. The molecular weight excluding hydrogens is 566 g/mol. The quantitative estimate of drug-likeness (QED) is 0.223.